The van der Waals surface area contributed by atoms with Gasteiger partial charge in [0.2, 0.25) is 0 Å². The summed E-state index contributed by atoms with van der Waals surface area (Å²) in [7, 11) is 2.17. The van der Waals surface area contributed by atoms with Crippen molar-refractivity contribution in [2.24, 2.45) is 0 Å². The number of ether oxygens (including phenoxy) is 1. The van der Waals surface area contributed by atoms with E-state index in [-0.39, 0.29) is 24.9 Å². The van der Waals surface area contributed by atoms with Crippen LogP contribution in [0.15, 0.2) is 30.5 Å². The molecule has 1 amide bonds. The molecule has 0 saturated heterocycles. The fourth-order valence-electron chi connectivity index (χ4n) is 4.13. The van der Waals surface area contributed by atoms with E-state index >= 15 is 0 Å². The largest absolute Gasteiger partial charge is 0.395 e. The predicted octanol–water partition coefficient (Wildman–Crippen LogP) is 1.89. The summed E-state index contributed by atoms with van der Waals surface area (Å²) in [6.07, 6.45) is 3.69. The SMILES string of the molecule is COCC(C)(CO)S(=O)C1(CN(C)CCn2c(C=O)cnc2C(=O)NCc2ccc(Cl)cc2)CC1. The molecule has 1 aromatic carbocycles. The van der Waals surface area contributed by atoms with Crippen molar-refractivity contribution >= 4 is 34.6 Å². The van der Waals surface area contributed by atoms with Gasteiger partial charge in [0.15, 0.2) is 12.1 Å². The van der Waals surface area contributed by atoms with Crippen LogP contribution in [-0.2, 0) is 28.6 Å². The topological polar surface area (TPSA) is 114 Å². The summed E-state index contributed by atoms with van der Waals surface area (Å²) >= 11 is 5.90. The number of halogens is 1. The second kappa shape index (κ2) is 11.7. The highest BCUT2D eigenvalue weighted by Crippen LogP contribution is 2.46. The first-order valence-corrected chi connectivity index (χ1v) is 12.9. The molecular formula is C24H33ClN4O5S. The molecule has 0 aliphatic heterocycles. The number of carbonyl (C=O) groups excluding carboxylic acids is 2. The van der Waals surface area contributed by atoms with Gasteiger partial charge in [0, 0.05) is 49.1 Å². The highest BCUT2D eigenvalue weighted by molar-refractivity contribution is 7.88. The van der Waals surface area contributed by atoms with E-state index in [4.69, 9.17) is 16.3 Å². The van der Waals surface area contributed by atoms with Gasteiger partial charge in [-0.3, -0.25) is 13.8 Å². The van der Waals surface area contributed by atoms with E-state index in [2.05, 4.69) is 10.3 Å². The molecule has 1 aromatic heterocycles. The number of hydrogen-bond acceptors (Lipinski definition) is 7. The van der Waals surface area contributed by atoms with Crippen molar-refractivity contribution in [3.8, 4) is 0 Å². The van der Waals surface area contributed by atoms with Gasteiger partial charge in [-0.2, -0.15) is 0 Å². The number of imidazole rings is 1. The third kappa shape index (κ3) is 6.56. The smallest absolute Gasteiger partial charge is 0.287 e. The van der Waals surface area contributed by atoms with Crippen LogP contribution in [0.3, 0.4) is 0 Å². The molecule has 0 bridgehead atoms. The first-order chi connectivity index (χ1) is 16.7. The van der Waals surface area contributed by atoms with Crippen molar-refractivity contribution in [3.63, 3.8) is 0 Å². The van der Waals surface area contributed by atoms with Gasteiger partial charge in [0.1, 0.15) is 5.69 Å². The Bertz CT molecular complexity index is 1060. The number of nitrogens with zero attached hydrogens (tertiary/aromatic N) is 3. The number of likely N-dealkylation sites (N-methyl/N-ethyl adjacent to an activating group) is 1. The van der Waals surface area contributed by atoms with Crippen molar-refractivity contribution in [3.05, 3.63) is 52.6 Å². The summed E-state index contributed by atoms with van der Waals surface area (Å²) < 4.78 is 18.9. The van der Waals surface area contributed by atoms with Crippen LogP contribution in [0.25, 0.3) is 0 Å². The molecule has 1 fully saturated rings. The van der Waals surface area contributed by atoms with Crippen LogP contribution in [0.1, 0.15) is 46.4 Å². The number of aliphatic hydroxyl groups excluding tert-OH is 1. The van der Waals surface area contributed by atoms with Gasteiger partial charge in [-0.1, -0.05) is 23.7 Å². The number of aromatic nitrogens is 2. The number of aldehydes is 1. The molecule has 2 atom stereocenters. The van der Waals surface area contributed by atoms with Crippen molar-refractivity contribution in [1.82, 2.24) is 19.8 Å². The minimum atomic E-state index is -1.29. The summed E-state index contributed by atoms with van der Waals surface area (Å²) in [5.74, 6) is -0.221. The van der Waals surface area contributed by atoms with E-state index in [1.54, 1.807) is 23.6 Å². The quantitative estimate of drug-likeness (QED) is 0.363. The second-order valence-electron chi connectivity index (χ2n) is 9.32. The lowest BCUT2D eigenvalue weighted by Gasteiger charge is -2.32. The molecule has 0 radical (unpaired) electrons. The molecule has 1 aliphatic carbocycles. The van der Waals surface area contributed by atoms with Crippen molar-refractivity contribution < 1.29 is 23.6 Å². The Morgan fingerprint density at radius 3 is 2.66 bits per heavy atom. The van der Waals surface area contributed by atoms with E-state index in [1.807, 2.05) is 24.1 Å². The minimum Gasteiger partial charge on any atom is -0.395 e. The fraction of sp³-hybridized carbons (Fsp3) is 0.542. The lowest BCUT2D eigenvalue weighted by molar-refractivity contribution is 0.0935. The minimum absolute atomic E-state index is 0.159. The molecule has 3 rings (SSSR count). The van der Waals surface area contributed by atoms with Crippen LogP contribution in [0.5, 0.6) is 0 Å². The first-order valence-electron chi connectivity index (χ1n) is 11.4. The molecule has 1 heterocycles. The summed E-state index contributed by atoms with van der Waals surface area (Å²) in [6, 6.07) is 7.16. The molecule has 0 spiro atoms. The molecule has 11 heteroatoms. The molecule has 2 N–H and O–H groups in total. The van der Waals surface area contributed by atoms with Gasteiger partial charge in [-0.15, -0.1) is 0 Å². The normalized spacial score (nSPS) is 17.1. The molecular weight excluding hydrogens is 492 g/mol. The average molecular weight is 525 g/mol. The van der Waals surface area contributed by atoms with Gasteiger partial charge in [0.05, 0.1) is 28.9 Å². The van der Waals surface area contributed by atoms with E-state index < -0.39 is 20.3 Å². The van der Waals surface area contributed by atoms with E-state index in [9.17, 15) is 18.9 Å². The van der Waals surface area contributed by atoms with E-state index in [0.29, 0.717) is 43.2 Å². The Hall–Kier alpha value is -2.11. The standard InChI is InChI=1S/C24H33ClN4O5S/c1-23(16-31,17-34-3)35(33)24(8-9-24)15-28(2)10-11-29-20(14-30)13-26-21(29)22(32)27-12-18-4-6-19(25)7-5-18/h4-7,13-14,31H,8-12,15-17H2,1-3H3,(H,27,32). The Kier molecular flexibility index (Phi) is 9.22. The number of nitrogens with one attached hydrogen (secondary N) is 1. The molecule has 1 saturated carbocycles. The lowest BCUT2D eigenvalue weighted by Crippen LogP contribution is -2.48. The number of carbonyl (C=O) groups is 2. The van der Waals surface area contributed by atoms with Crippen molar-refractivity contribution in [2.45, 2.75) is 42.3 Å². The summed E-state index contributed by atoms with van der Waals surface area (Å²) in [5, 5.41) is 13.3. The summed E-state index contributed by atoms with van der Waals surface area (Å²) in [5.41, 5.74) is 1.20. The Labute approximate surface area is 213 Å². The zero-order valence-electron chi connectivity index (χ0n) is 20.3. The van der Waals surface area contributed by atoms with Gasteiger partial charge >= 0.3 is 0 Å². The van der Waals surface area contributed by atoms with E-state index in [0.717, 1.165) is 18.4 Å². The van der Waals surface area contributed by atoms with E-state index in [1.165, 1.54) is 13.3 Å². The van der Waals surface area contributed by atoms with Crippen LogP contribution < -0.4 is 5.32 Å². The van der Waals surface area contributed by atoms with Gasteiger partial charge in [-0.05, 0) is 44.5 Å². The number of amides is 1. The zero-order valence-corrected chi connectivity index (χ0v) is 21.9. The van der Waals surface area contributed by atoms with Crippen LogP contribution in [-0.4, -0.2) is 85.9 Å². The summed E-state index contributed by atoms with van der Waals surface area (Å²) in [6.45, 7) is 3.54. The van der Waals surface area contributed by atoms with Crippen LogP contribution in [0.4, 0.5) is 0 Å². The summed E-state index contributed by atoms with van der Waals surface area (Å²) in [4.78, 5) is 30.5. The highest BCUT2D eigenvalue weighted by Gasteiger charge is 2.54. The third-order valence-electron chi connectivity index (χ3n) is 6.27. The Morgan fingerprint density at radius 2 is 2.09 bits per heavy atom. The van der Waals surface area contributed by atoms with Gasteiger partial charge < -0.3 is 24.6 Å². The Balaban J connectivity index is 1.62. The molecule has 9 nitrogen and oxygen atoms in total. The van der Waals surface area contributed by atoms with Gasteiger partial charge in [-0.25, -0.2) is 4.98 Å². The fourth-order valence-corrected chi connectivity index (χ4v) is 6.46. The monoisotopic (exact) mass is 524 g/mol. The maximum absolute atomic E-state index is 13.3. The van der Waals surface area contributed by atoms with Crippen molar-refractivity contribution in [2.75, 3.05) is 40.5 Å². The lowest BCUT2D eigenvalue weighted by atomic mass is 10.2. The molecule has 2 aromatic rings. The number of hydrogen-bond donors (Lipinski definition) is 2. The number of aliphatic hydroxyl groups is 1. The molecule has 35 heavy (non-hydrogen) atoms. The predicted molar refractivity (Wildman–Crippen MR) is 135 cm³/mol. The van der Waals surface area contributed by atoms with Crippen LogP contribution >= 0.6 is 11.6 Å². The number of rotatable bonds is 14. The second-order valence-corrected chi connectivity index (χ2v) is 12.1. The third-order valence-corrected chi connectivity index (χ3v) is 8.99. The van der Waals surface area contributed by atoms with Crippen LogP contribution in [0, 0.1) is 0 Å². The number of benzene rings is 1. The maximum atomic E-state index is 13.3. The first kappa shape index (κ1) is 27.5. The average Bonchev–Trinajstić information content (AvgIpc) is 3.51. The highest BCUT2D eigenvalue weighted by atomic mass is 35.5. The molecule has 2 unspecified atom stereocenters. The molecule has 1 aliphatic rings. The number of methoxy groups -OCH3 is 1. The van der Waals surface area contributed by atoms with Gasteiger partial charge in [0.25, 0.3) is 5.91 Å². The van der Waals surface area contributed by atoms with Crippen LogP contribution in [0.2, 0.25) is 5.02 Å². The zero-order chi connectivity index (χ0) is 25.6. The van der Waals surface area contributed by atoms with Crippen molar-refractivity contribution in [1.29, 1.82) is 0 Å². The molecule has 192 valence electrons. The maximum Gasteiger partial charge on any atom is 0.287 e. The Morgan fingerprint density at radius 1 is 1.40 bits per heavy atom.